The van der Waals surface area contributed by atoms with Crippen LogP contribution < -0.4 is 0 Å². The zero-order chi connectivity index (χ0) is 10.7. The maximum absolute atomic E-state index is 10.9. The van der Waals surface area contributed by atoms with Crippen LogP contribution in [0.4, 0.5) is 0 Å². The van der Waals surface area contributed by atoms with Crippen LogP contribution >= 0.6 is 11.6 Å². The molecule has 0 spiro atoms. The van der Waals surface area contributed by atoms with Gasteiger partial charge in [0.1, 0.15) is 5.15 Å². The summed E-state index contributed by atoms with van der Waals surface area (Å²) in [5.74, 6) is 0. The first kappa shape index (κ1) is 10.4. The molecule has 0 aromatic carbocycles. The summed E-state index contributed by atoms with van der Waals surface area (Å²) < 4.78 is 0. The summed E-state index contributed by atoms with van der Waals surface area (Å²) >= 11 is 6.03. The van der Waals surface area contributed by atoms with Crippen molar-refractivity contribution in [2.45, 2.75) is 25.3 Å². The number of nitrogens with zero attached hydrogens (tertiary/aromatic N) is 2. The topological polar surface area (TPSA) is 33.2 Å². The Morgan fingerprint density at radius 2 is 2.40 bits per heavy atom. The third kappa shape index (κ3) is 2.12. The average molecular weight is 225 g/mol. The Balaban J connectivity index is 2.28. The molecule has 1 aromatic rings. The number of hydrogen-bond acceptors (Lipinski definition) is 2. The molecule has 0 aliphatic carbocycles. The van der Waals surface area contributed by atoms with E-state index in [-0.39, 0.29) is 6.04 Å². The second-order valence-corrected chi connectivity index (χ2v) is 4.10. The van der Waals surface area contributed by atoms with Crippen molar-refractivity contribution in [2.75, 3.05) is 6.54 Å². The lowest BCUT2D eigenvalue weighted by Gasteiger charge is -2.33. The van der Waals surface area contributed by atoms with Gasteiger partial charge in [-0.2, -0.15) is 0 Å². The Kier molecular flexibility index (Phi) is 3.21. The van der Waals surface area contributed by atoms with Gasteiger partial charge in [0.15, 0.2) is 0 Å². The quantitative estimate of drug-likeness (QED) is 0.571. The fourth-order valence-corrected chi connectivity index (χ4v) is 2.31. The van der Waals surface area contributed by atoms with Crippen LogP contribution in [0.15, 0.2) is 18.3 Å². The summed E-state index contributed by atoms with van der Waals surface area (Å²) in [7, 11) is 0. The van der Waals surface area contributed by atoms with E-state index in [0.29, 0.717) is 5.15 Å². The highest BCUT2D eigenvalue weighted by Gasteiger charge is 2.24. The van der Waals surface area contributed by atoms with E-state index in [1.54, 1.807) is 6.20 Å². The molecule has 0 radical (unpaired) electrons. The number of aromatic nitrogens is 1. The first-order chi connectivity index (χ1) is 7.33. The van der Waals surface area contributed by atoms with Crippen molar-refractivity contribution in [3.05, 3.63) is 29.0 Å². The molecule has 1 fully saturated rings. The number of halogens is 1. The second kappa shape index (κ2) is 4.62. The van der Waals surface area contributed by atoms with Crippen LogP contribution in [0.5, 0.6) is 0 Å². The molecular weight excluding hydrogens is 212 g/mol. The van der Waals surface area contributed by atoms with Gasteiger partial charge in [-0.1, -0.05) is 17.7 Å². The molecule has 15 heavy (non-hydrogen) atoms. The summed E-state index contributed by atoms with van der Waals surface area (Å²) in [5.41, 5.74) is 0.964. The molecule has 2 rings (SSSR count). The van der Waals surface area contributed by atoms with E-state index < -0.39 is 0 Å². The van der Waals surface area contributed by atoms with Crippen LogP contribution in [0, 0.1) is 0 Å². The highest BCUT2D eigenvalue weighted by atomic mass is 35.5. The highest BCUT2D eigenvalue weighted by molar-refractivity contribution is 6.30. The molecule has 1 atom stereocenters. The van der Waals surface area contributed by atoms with Gasteiger partial charge in [0.2, 0.25) is 6.41 Å². The Bertz CT molecular complexity index is 356. The standard InChI is InChI=1S/C11H13ClN2O/c12-11-9(4-3-6-13-11)10-5-1-2-7-14(10)8-15/h3-4,6,8,10H,1-2,5,7H2/t10-/m1/s1. The van der Waals surface area contributed by atoms with Crippen LogP contribution in [0.3, 0.4) is 0 Å². The van der Waals surface area contributed by atoms with Crippen LogP contribution in [0.2, 0.25) is 5.15 Å². The predicted molar refractivity (Wildman–Crippen MR) is 58.6 cm³/mol. The van der Waals surface area contributed by atoms with E-state index in [4.69, 9.17) is 11.6 Å². The molecular formula is C11H13ClN2O. The predicted octanol–water partition coefficient (Wildman–Crippen LogP) is 2.42. The van der Waals surface area contributed by atoms with Gasteiger partial charge in [0, 0.05) is 18.3 Å². The van der Waals surface area contributed by atoms with Gasteiger partial charge in [0.05, 0.1) is 6.04 Å². The van der Waals surface area contributed by atoms with Crippen molar-refractivity contribution >= 4 is 18.0 Å². The fraction of sp³-hybridized carbons (Fsp3) is 0.455. The molecule has 1 saturated heterocycles. The molecule has 0 bridgehead atoms. The third-order valence-electron chi connectivity index (χ3n) is 2.83. The lowest BCUT2D eigenvalue weighted by Crippen LogP contribution is -2.32. The van der Waals surface area contributed by atoms with Crippen molar-refractivity contribution in [3.8, 4) is 0 Å². The van der Waals surface area contributed by atoms with Crippen molar-refractivity contribution < 1.29 is 4.79 Å². The van der Waals surface area contributed by atoms with E-state index in [1.807, 2.05) is 17.0 Å². The monoisotopic (exact) mass is 224 g/mol. The first-order valence-corrected chi connectivity index (χ1v) is 5.52. The van der Waals surface area contributed by atoms with Gasteiger partial charge in [-0.3, -0.25) is 4.79 Å². The number of rotatable bonds is 2. The van der Waals surface area contributed by atoms with E-state index in [0.717, 1.165) is 37.8 Å². The van der Waals surface area contributed by atoms with Crippen LogP contribution in [-0.2, 0) is 4.79 Å². The van der Waals surface area contributed by atoms with Crippen molar-refractivity contribution in [1.82, 2.24) is 9.88 Å². The molecule has 1 aromatic heterocycles. The molecule has 4 heteroatoms. The minimum absolute atomic E-state index is 0.109. The van der Waals surface area contributed by atoms with Gasteiger partial charge >= 0.3 is 0 Å². The summed E-state index contributed by atoms with van der Waals surface area (Å²) in [6.07, 6.45) is 5.77. The third-order valence-corrected chi connectivity index (χ3v) is 3.14. The summed E-state index contributed by atoms with van der Waals surface area (Å²) in [5, 5.41) is 0.510. The van der Waals surface area contributed by atoms with E-state index in [9.17, 15) is 4.79 Å². The first-order valence-electron chi connectivity index (χ1n) is 5.14. The molecule has 0 saturated carbocycles. The average Bonchev–Trinajstić information content (AvgIpc) is 2.30. The summed E-state index contributed by atoms with van der Waals surface area (Å²) in [6.45, 7) is 0.819. The summed E-state index contributed by atoms with van der Waals surface area (Å²) in [6, 6.07) is 3.91. The Morgan fingerprint density at radius 1 is 1.53 bits per heavy atom. The minimum Gasteiger partial charge on any atom is -0.338 e. The van der Waals surface area contributed by atoms with E-state index >= 15 is 0 Å². The number of amides is 1. The van der Waals surface area contributed by atoms with Crippen LogP contribution in [0.1, 0.15) is 30.9 Å². The van der Waals surface area contributed by atoms with Crippen molar-refractivity contribution in [2.24, 2.45) is 0 Å². The maximum Gasteiger partial charge on any atom is 0.210 e. The van der Waals surface area contributed by atoms with E-state index in [2.05, 4.69) is 4.98 Å². The van der Waals surface area contributed by atoms with Gasteiger partial charge in [-0.15, -0.1) is 0 Å². The normalized spacial score (nSPS) is 21.4. The smallest absolute Gasteiger partial charge is 0.210 e. The maximum atomic E-state index is 10.9. The van der Waals surface area contributed by atoms with Crippen LogP contribution in [0.25, 0.3) is 0 Å². The van der Waals surface area contributed by atoms with Gasteiger partial charge in [-0.05, 0) is 25.3 Å². The molecule has 80 valence electrons. The van der Waals surface area contributed by atoms with Crippen molar-refractivity contribution in [3.63, 3.8) is 0 Å². The largest absolute Gasteiger partial charge is 0.338 e. The molecule has 1 aliphatic rings. The Labute approximate surface area is 94.1 Å². The van der Waals surface area contributed by atoms with Gasteiger partial charge in [0.25, 0.3) is 0 Å². The number of carbonyl (C=O) groups is 1. The van der Waals surface area contributed by atoms with Crippen LogP contribution in [-0.4, -0.2) is 22.8 Å². The van der Waals surface area contributed by atoms with Gasteiger partial charge < -0.3 is 4.90 Å². The zero-order valence-electron chi connectivity index (χ0n) is 8.40. The number of likely N-dealkylation sites (tertiary alicyclic amines) is 1. The number of carbonyl (C=O) groups excluding carboxylic acids is 1. The zero-order valence-corrected chi connectivity index (χ0v) is 9.15. The lowest BCUT2D eigenvalue weighted by molar-refractivity contribution is -0.121. The number of hydrogen-bond donors (Lipinski definition) is 0. The molecule has 0 N–H and O–H groups in total. The number of pyridine rings is 1. The summed E-state index contributed by atoms with van der Waals surface area (Å²) in [4.78, 5) is 16.8. The van der Waals surface area contributed by atoms with E-state index in [1.165, 1.54) is 0 Å². The molecule has 1 aliphatic heterocycles. The number of piperidine rings is 1. The second-order valence-electron chi connectivity index (χ2n) is 3.74. The molecule has 3 nitrogen and oxygen atoms in total. The lowest BCUT2D eigenvalue weighted by atomic mass is 9.97. The molecule has 2 heterocycles. The SMILES string of the molecule is O=CN1CCCC[C@@H]1c1cccnc1Cl. The van der Waals surface area contributed by atoms with Crippen molar-refractivity contribution in [1.29, 1.82) is 0 Å². The molecule has 1 amide bonds. The highest BCUT2D eigenvalue weighted by Crippen LogP contribution is 2.32. The minimum atomic E-state index is 0.109. The Hall–Kier alpha value is -1.09. The molecule has 0 unspecified atom stereocenters. The fourth-order valence-electron chi connectivity index (χ4n) is 2.06. The van der Waals surface area contributed by atoms with Gasteiger partial charge in [-0.25, -0.2) is 4.98 Å². The Morgan fingerprint density at radius 3 is 3.13 bits per heavy atom.